The Morgan fingerprint density at radius 2 is 2.00 bits per heavy atom. The van der Waals surface area contributed by atoms with Crippen molar-refractivity contribution in [3.05, 3.63) is 35.6 Å². The zero-order valence-corrected chi connectivity index (χ0v) is 15.1. The lowest BCUT2D eigenvalue weighted by Gasteiger charge is -2.12. The molecule has 0 saturated heterocycles. The highest BCUT2D eigenvalue weighted by Gasteiger charge is 2.02. The van der Waals surface area contributed by atoms with Gasteiger partial charge in [-0.05, 0) is 30.9 Å². The van der Waals surface area contributed by atoms with Crippen LogP contribution in [-0.2, 0) is 6.54 Å². The van der Waals surface area contributed by atoms with Gasteiger partial charge in [-0.1, -0.05) is 18.2 Å². The summed E-state index contributed by atoms with van der Waals surface area (Å²) in [4.78, 5) is 4.12. The number of aliphatic imine (C=N–C) groups is 1. The highest BCUT2D eigenvalue weighted by atomic mass is 127. The standard InChI is InChI=1S/C14H22FN3S.HI/c1-16-14(17-9-5-6-10-19-2)18-11-12-7-3-4-8-13(12)15;/h3-4,7-8H,5-6,9-11H2,1-2H3,(H2,16,17,18);1H. The van der Waals surface area contributed by atoms with E-state index in [1.807, 2.05) is 17.8 Å². The van der Waals surface area contributed by atoms with E-state index >= 15 is 0 Å². The second-order valence-corrected chi connectivity index (χ2v) is 5.13. The molecular weight excluding hydrogens is 388 g/mol. The minimum absolute atomic E-state index is 0. The maximum atomic E-state index is 13.4. The lowest BCUT2D eigenvalue weighted by atomic mass is 10.2. The smallest absolute Gasteiger partial charge is 0.191 e. The fourth-order valence-corrected chi connectivity index (χ4v) is 2.11. The van der Waals surface area contributed by atoms with Gasteiger partial charge >= 0.3 is 0 Å². The molecule has 20 heavy (non-hydrogen) atoms. The van der Waals surface area contributed by atoms with Gasteiger partial charge in [-0.2, -0.15) is 11.8 Å². The van der Waals surface area contributed by atoms with Crippen molar-refractivity contribution in [2.24, 2.45) is 4.99 Å². The molecule has 1 aromatic rings. The molecule has 0 aromatic heterocycles. The van der Waals surface area contributed by atoms with Crippen LogP contribution in [0, 0.1) is 5.82 Å². The summed E-state index contributed by atoms with van der Waals surface area (Å²) in [6.07, 6.45) is 4.42. The van der Waals surface area contributed by atoms with E-state index in [1.165, 1.54) is 18.2 Å². The molecule has 0 aliphatic heterocycles. The number of nitrogens with zero attached hydrogens (tertiary/aromatic N) is 1. The number of hydrogen-bond donors (Lipinski definition) is 2. The third kappa shape index (κ3) is 7.94. The summed E-state index contributed by atoms with van der Waals surface area (Å²) in [5.41, 5.74) is 0.646. The van der Waals surface area contributed by atoms with Crippen LogP contribution in [0.2, 0.25) is 0 Å². The van der Waals surface area contributed by atoms with Crippen LogP contribution in [0.3, 0.4) is 0 Å². The van der Waals surface area contributed by atoms with Crippen molar-refractivity contribution in [1.82, 2.24) is 10.6 Å². The summed E-state index contributed by atoms with van der Waals surface area (Å²) in [7, 11) is 1.72. The first-order chi connectivity index (χ1) is 9.27. The van der Waals surface area contributed by atoms with Gasteiger partial charge in [0.05, 0.1) is 0 Å². The van der Waals surface area contributed by atoms with E-state index in [0.29, 0.717) is 18.1 Å². The van der Waals surface area contributed by atoms with Crippen LogP contribution < -0.4 is 10.6 Å². The fraction of sp³-hybridized carbons (Fsp3) is 0.500. The highest BCUT2D eigenvalue weighted by molar-refractivity contribution is 14.0. The first kappa shape index (κ1) is 19.5. The van der Waals surface area contributed by atoms with Gasteiger partial charge in [0.15, 0.2) is 5.96 Å². The Morgan fingerprint density at radius 1 is 1.25 bits per heavy atom. The molecule has 1 rings (SSSR count). The molecule has 0 radical (unpaired) electrons. The number of guanidine groups is 1. The second-order valence-electron chi connectivity index (χ2n) is 4.14. The maximum absolute atomic E-state index is 13.4. The summed E-state index contributed by atoms with van der Waals surface area (Å²) in [5, 5.41) is 6.34. The summed E-state index contributed by atoms with van der Waals surface area (Å²) in [5.74, 6) is 1.71. The Bertz CT molecular complexity index is 402. The molecule has 1 aromatic carbocycles. The number of benzene rings is 1. The Kier molecular flexibility index (Phi) is 12.0. The number of rotatable bonds is 7. The molecule has 0 bridgehead atoms. The molecule has 0 aliphatic carbocycles. The van der Waals surface area contributed by atoms with E-state index in [4.69, 9.17) is 0 Å². The lowest BCUT2D eigenvalue weighted by molar-refractivity contribution is 0.604. The van der Waals surface area contributed by atoms with Crippen molar-refractivity contribution in [2.75, 3.05) is 25.6 Å². The van der Waals surface area contributed by atoms with Crippen molar-refractivity contribution in [1.29, 1.82) is 0 Å². The molecule has 3 nitrogen and oxygen atoms in total. The summed E-state index contributed by atoms with van der Waals surface area (Å²) in [6.45, 7) is 1.33. The van der Waals surface area contributed by atoms with E-state index in [-0.39, 0.29) is 29.8 Å². The van der Waals surface area contributed by atoms with Gasteiger partial charge in [-0.15, -0.1) is 24.0 Å². The molecule has 0 spiro atoms. The molecular formula is C14H23FIN3S. The van der Waals surface area contributed by atoms with Crippen LogP contribution in [0.5, 0.6) is 0 Å². The van der Waals surface area contributed by atoms with Crippen molar-refractivity contribution in [2.45, 2.75) is 19.4 Å². The second kappa shape index (κ2) is 12.3. The Morgan fingerprint density at radius 3 is 2.65 bits per heavy atom. The van der Waals surface area contributed by atoms with E-state index < -0.39 is 0 Å². The topological polar surface area (TPSA) is 36.4 Å². The number of halogens is 2. The average Bonchev–Trinajstić information content (AvgIpc) is 2.43. The fourth-order valence-electron chi connectivity index (χ4n) is 1.62. The molecule has 0 amide bonds. The molecule has 0 aliphatic rings. The van der Waals surface area contributed by atoms with Crippen LogP contribution in [-0.4, -0.2) is 31.6 Å². The number of unbranched alkanes of at least 4 members (excludes halogenated alkanes) is 1. The molecule has 0 saturated carbocycles. The average molecular weight is 411 g/mol. The third-order valence-electron chi connectivity index (χ3n) is 2.70. The van der Waals surface area contributed by atoms with Crippen LogP contribution in [0.1, 0.15) is 18.4 Å². The molecule has 0 heterocycles. The quantitative estimate of drug-likeness (QED) is 0.313. The molecule has 6 heteroatoms. The Balaban J connectivity index is 0.00000361. The maximum Gasteiger partial charge on any atom is 0.191 e. The summed E-state index contributed by atoms with van der Waals surface area (Å²) < 4.78 is 13.4. The van der Waals surface area contributed by atoms with Crippen LogP contribution >= 0.6 is 35.7 Å². The normalized spacial score (nSPS) is 10.8. The predicted octanol–water partition coefficient (Wildman–Crippen LogP) is 3.25. The number of thioether (sulfide) groups is 1. The van der Waals surface area contributed by atoms with Gasteiger partial charge in [-0.25, -0.2) is 4.39 Å². The first-order valence-electron chi connectivity index (χ1n) is 6.44. The van der Waals surface area contributed by atoms with Crippen LogP contribution in [0.15, 0.2) is 29.3 Å². The molecule has 0 atom stereocenters. The summed E-state index contributed by atoms with van der Waals surface area (Å²) in [6, 6.07) is 6.76. The van der Waals surface area contributed by atoms with Crippen molar-refractivity contribution < 1.29 is 4.39 Å². The van der Waals surface area contributed by atoms with Gasteiger partial charge in [0, 0.05) is 25.7 Å². The Labute approximate surface area is 142 Å². The zero-order valence-electron chi connectivity index (χ0n) is 12.0. The van der Waals surface area contributed by atoms with Crippen LogP contribution in [0.25, 0.3) is 0 Å². The number of nitrogens with one attached hydrogen (secondary N) is 2. The minimum atomic E-state index is -0.189. The van der Waals surface area contributed by atoms with Gasteiger partial charge in [-0.3, -0.25) is 4.99 Å². The van der Waals surface area contributed by atoms with Gasteiger partial charge in [0.25, 0.3) is 0 Å². The number of hydrogen-bond acceptors (Lipinski definition) is 2. The first-order valence-corrected chi connectivity index (χ1v) is 7.84. The third-order valence-corrected chi connectivity index (χ3v) is 3.39. The van der Waals surface area contributed by atoms with E-state index in [1.54, 1.807) is 19.2 Å². The zero-order chi connectivity index (χ0) is 13.9. The van der Waals surface area contributed by atoms with Gasteiger partial charge in [0.1, 0.15) is 5.82 Å². The molecule has 114 valence electrons. The molecule has 2 N–H and O–H groups in total. The van der Waals surface area contributed by atoms with E-state index in [2.05, 4.69) is 21.9 Å². The highest BCUT2D eigenvalue weighted by Crippen LogP contribution is 2.05. The van der Waals surface area contributed by atoms with Crippen molar-refractivity contribution >= 4 is 41.7 Å². The largest absolute Gasteiger partial charge is 0.356 e. The monoisotopic (exact) mass is 411 g/mol. The lowest BCUT2D eigenvalue weighted by Crippen LogP contribution is -2.37. The van der Waals surface area contributed by atoms with Gasteiger partial charge < -0.3 is 10.6 Å². The van der Waals surface area contributed by atoms with Crippen molar-refractivity contribution in [3.8, 4) is 0 Å². The summed E-state index contributed by atoms with van der Waals surface area (Å²) >= 11 is 1.86. The minimum Gasteiger partial charge on any atom is -0.356 e. The Hall–Kier alpha value is -0.500. The van der Waals surface area contributed by atoms with E-state index in [0.717, 1.165) is 13.0 Å². The molecule has 0 unspecified atom stereocenters. The van der Waals surface area contributed by atoms with Crippen molar-refractivity contribution in [3.63, 3.8) is 0 Å². The van der Waals surface area contributed by atoms with Gasteiger partial charge in [0.2, 0.25) is 0 Å². The SMILES string of the molecule is CN=C(NCCCCSC)NCc1ccccc1F.I. The predicted molar refractivity (Wildman–Crippen MR) is 97.6 cm³/mol. The van der Waals surface area contributed by atoms with Crippen LogP contribution in [0.4, 0.5) is 4.39 Å². The molecule has 0 fully saturated rings. The van der Waals surface area contributed by atoms with E-state index in [9.17, 15) is 4.39 Å².